The van der Waals surface area contributed by atoms with Crippen LogP contribution in [0.25, 0.3) is 0 Å². The zero-order valence-corrected chi connectivity index (χ0v) is 24.2. The van der Waals surface area contributed by atoms with Gasteiger partial charge >= 0.3 is 21.3 Å². The first-order valence-electron chi connectivity index (χ1n) is 12.7. The molecule has 2 aliphatic heterocycles. The van der Waals surface area contributed by atoms with Crippen LogP contribution in [-0.4, -0.2) is 127 Å². The SMILES string of the molecule is CNCCCC(=O)NC1[C@@H](OP(=O)(O)OP(=O)(O)OCC2OC(n3ccc(=O)[nH]c3=O)C(O)C2O)OC(CO)[C@H](O)[C@@H]1O. The zero-order chi connectivity index (χ0) is 32.1. The summed E-state index contributed by atoms with van der Waals surface area (Å²) in [5, 5.41) is 55.6. The number of ether oxygens (including phenoxy) is 2. The quantitative estimate of drug-likeness (QED) is 0.0660. The lowest BCUT2D eigenvalue weighted by molar-refractivity contribution is -0.248. The zero-order valence-electron chi connectivity index (χ0n) is 22.4. The summed E-state index contributed by atoms with van der Waals surface area (Å²) in [6.45, 7) is -1.49. The topological polar surface area (TPSA) is 318 Å². The number of aromatic amines is 1. The lowest BCUT2D eigenvalue weighted by Crippen LogP contribution is -2.64. The van der Waals surface area contributed by atoms with Crippen molar-refractivity contribution in [1.82, 2.24) is 20.2 Å². The highest BCUT2D eigenvalue weighted by atomic mass is 31.3. The van der Waals surface area contributed by atoms with Crippen LogP contribution in [0.4, 0.5) is 0 Å². The standard InChI is InChI=1S/C20H34N4O17P2/c1-21-5-2-3-11(26)22-13-16(30)14(28)9(7-25)39-19(13)40-43(35,36)41-42(33,34)37-8-10-15(29)17(31)18(38-10)24-6-4-12(27)23-20(24)32/h4,6,9-10,13-19,21,25,28-31H,2-3,5,7-8H2,1H3,(H,22,26)(H,33,34)(H,35,36)(H,23,27,32)/t9?,10?,13?,14-,15?,16+,17?,18?,19+/m0/s1. The van der Waals surface area contributed by atoms with Crippen molar-refractivity contribution in [2.45, 2.75) is 68.0 Å². The van der Waals surface area contributed by atoms with Gasteiger partial charge in [-0.2, -0.15) is 4.31 Å². The maximum Gasteiger partial charge on any atom is 0.483 e. The highest BCUT2D eigenvalue weighted by molar-refractivity contribution is 7.61. The summed E-state index contributed by atoms with van der Waals surface area (Å²) in [6.07, 6.45) is -12.8. The monoisotopic (exact) mass is 664 g/mol. The summed E-state index contributed by atoms with van der Waals surface area (Å²) in [5.74, 6) is -0.685. The third kappa shape index (κ3) is 9.30. The van der Waals surface area contributed by atoms with E-state index in [1.807, 2.05) is 4.98 Å². The molecule has 2 saturated heterocycles. The van der Waals surface area contributed by atoms with Gasteiger partial charge in [0.15, 0.2) is 12.5 Å². The Balaban J connectivity index is 1.65. The second kappa shape index (κ2) is 14.9. The Morgan fingerprint density at radius 3 is 2.35 bits per heavy atom. The Morgan fingerprint density at radius 2 is 1.72 bits per heavy atom. The van der Waals surface area contributed by atoms with Crippen molar-refractivity contribution in [1.29, 1.82) is 0 Å². The normalized spacial score (nSPS) is 33.9. The maximum atomic E-state index is 12.6. The number of carbonyl (C=O) groups is 1. The third-order valence-electron chi connectivity index (χ3n) is 6.35. The molecular formula is C20H34N4O17P2. The molecule has 8 unspecified atom stereocenters. The molecule has 246 valence electrons. The van der Waals surface area contributed by atoms with E-state index in [0.29, 0.717) is 13.0 Å². The highest BCUT2D eigenvalue weighted by Gasteiger charge is 2.50. The predicted molar refractivity (Wildman–Crippen MR) is 138 cm³/mol. The molecule has 0 spiro atoms. The molecule has 3 rings (SSSR count). The molecule has 1 amide bonds. The Kier molecular flexibility index (Phi) is 12.3. The average molecular weight is 664 g/mol. The van der Waals surface area contributed by atoms with E-state index >= 15 is 0 Å². The molecule has 11 atom stereocenters. The fourth-order valence-electron chi connectivity index (χ4n) is 4.21. The summed E-state index contributed by atoms with van der Waals surface area (Å²) in [5.41, 5.74) is -1.75. The largest absolute Gasteiger partial charge is 0.483 e. The first-order chi connectivity index (χ1) is 20.1. The molecule has 0 saturated carbocycles. The number of rotatable bonds is 14. The summed E-state index contributed by atoms with van der Waals surface area (Å²) in [4.78, 5) is 57.7. The first-order valence-corrected chi connectivity index (χ1v) is 15.7. The molecule has 2 fully saturated rings. The second-order valence-corrected chi connectivity index (χ2v) is 12.5. The predicted octanol–water partition coefficient (Wildman–Crippen LogP) is -4.67. The summed E-state index contributed by atoms with van der Waals surface area (Å²) in [7, 11) is -9.56. The number of aliphatic hydroxyl groups excluding tert-OH is 5. The second-order valence-electron chi connectivity index (χ2n) is 9.49. The Bertz CT molecular complexity index is 1310. The van der Waals surface area contributed by atoms with Crippen LogP contribution >= 0.6 is 15.6 Å². The van der Waals surface area contributed by atoms with Crippen LogP contribution in [0.15, 0.2) is 21.9 Å². The molecule has 21 nitrogen and oxygen atoms in total. The number of aliphatic hydroxyl groups is 5. The lowest BCUT2D eigenvalue weighted by atomic mass is 9.97. The molecule has 43 heavy (non-hydrogen) atoms. The molecule has 0 bridgehead atoms. The molecule has 23 heteroatoms. The van der Waals surface area contributed by atoms with Crippen LogP contribution in [0.1, 0.15) is 19.1 Å². The van der Waals surface area contributed by atoms with Crippen LogP contribution in [0.3, 0.4) is 0 Å². The molecule has 0 radical (unpaired) electrons. The van der Waals surface area contributed by atoms with Gasteiger partial charge in [0.25, 0.3) is 5.56 Å². The molecule has 10 N–H and O–H groups in total. The third-order valence-corrected chi connectivity index (χ3v) is 8.95. The van der Waals surface area contributed by atoms with Gasteiger partial charge in [-0.3, -0.25) is 28.2 Å². The molecule has 1 aromatic rings. The van der Waals surface area contributed by atoms with Crippen LogP contribution < -0.4 is 21.9 Å². The minimum Gasteiger partial charge on any atom is -0.394 e. The number of nitrogens with zero attached hydrogens (tertiary/aromatic N) is 1. The van der Waals surface area contributed by atoms with Crippen LogP contribution in [0.5, 0.6) is 0 Å². The van der Waals surface area contributed by atoms with Crippen LogP contribution in [-0.2, 0) is 36.8 Å². The van der Waals surface area contributed by atoms with Crippen molar-refractivity contribution in [3.63, 3.8) is 0 Å². The Hall–Kier alpha value is -1.91. The first kappa shape index (κ1) is 35.6. The molecule has 3 heterocycles. The van der Waals surface area contributed by atoms with Crippen molar-refractivity contribution < 1.29 is 72.1 Å². The molecule has 0 aliphatic carbocycles. The van der Waals surface area contributed by atoms with Crippen molar-refractivity contribution >= 4 is 21.6 Å². The van der Waals surface area contributed by atoms with Gasteiger partial charge in [-0.25, -0.2) is 13.9 Å². The Labute approximate surface area is 242 Å². The molecular weight excluding hydrogens is 630 g/mol. The number of hydrogen-bond donors (Lipinski definition) is 10. The van der Waals surface area contributed by atoms with Crippen LogP contribution in [0.2, 0.25) is 0 Å². The maximum absolute atomic E-state index is 12.6. The van der Waals surface area contributed by atoms with Gasteiger partial charge in [-0.1, -0.05) is 0 Å². The van der Waals surface area contributed by atoms with Crippen molar-refractivity contribution in [3.05, 3.63) is 33.1 Å². The number of aromatic nitrogens is 2. The van der Waals surface area contributed by atoms with Crippen molar-refractivity contribution in [2.24, 2.45) is 0 Å². The van der Waals surface area contributed by atoms with Crippen molar-refractivity contribution in [3.8, 4) is 0 Å². The van der Waals surface area contributed by atoms with Gasteiger partial charge in [-0.05, 0) is 20.0 Å². The Morgan fingerprint density at radius 1 is 1.05 bits per heavy atom. The smallest absolute Gasteiger partial charge is 0.394 e. The van der Waals surface area contributed by atoms with E-state index in [1.165, 1.54) is 0 Å². The van der Waals surface area contributed by atoms with E-state index in [1.54, 1.807) is 7.05 Å². The van der Waals surface area contributed by atoms with E-state index in [2.05, 4.69) is 19.5 Å². The fourth-order valence-corrected chi connectivity index (χ4v) is 6.37. The number of phosphoric acid groups is 2. The number of amides is 1. The highest BCUT2D eigenvalue weighted by Crippen LogP contribution is 2.61. The van der Waals surface area contributed by atoms with Gasteiger partial charge in [-0.15, -0.1) is 0 Å². The number of carbonyl (C=O) groups excluding carboxylic acids is 1. The van der Waals surface area contributed by atoms with Crippen LogP contribution in [0, 0.1) is 0 Å². The van der Waals surface area contributed by atoms with Gasteiger partial charge in [0.2, 0.25) is 5.91 Å². The number of H-pyrrole nitrogens is 1. The summed E-state index contributed by atoms with van der Waals surface area (Å²) < 4.78 is 49.9. The lowest BCUT2D eigenvalue weighted by Gasteiger charge is -2.42. The van der Waals surface area contributed by atoms with Gasteiger partial charge in [0.1, 0.15) is 42.7 Å². The number of nitrogens with one attached hydrogen (secondary N) is 3. The van der Waals surface area contributed by atoms with E-state index in [-0.39, 0.29) is 6.42 Å². The van der Waals surface area contributed by atoms with E-state index < -0.39 is 101 Å². The summed E-state index contributed by atoms with van der Waals surface area (Å²) in [6, 6.07) is -0.777. The number of hydrogen-bond acceptors (Lipinski definition) is 16. The van der Waals surface area contributed by atoms with Gasteiger partial charge in [0, 0.05) is 18.7 Å². The molecule has 1 aromatic heterocycles. The number of phosphoric ester groups is 2. The molecule has 0 aromatic carbocycles. The van der Waals surface area contributed by atoms with Gasteiger partial charge in [0.05, 0.1) is 13.2 Å². The molecule has 2 aliphatic rings. The fraction of sp³-hybridized carbons (Fsp3) is 0.750. The van der Waals surface area contributed by atoms with Gasteiger partial charge < -0.3 is 55.4 Å². The van der Waals surface area contributed by atoms with E-state index in [9.17, 15) is 58.8 Å². The van der Waals surface area contributed by atoms with E-state index in [0.717, 1.165) is 16.8 Å². The average Bonchev–Trinajstić information content (AvgIpc) is 3.19. The van der Waals surface area contributed by atoms with Crippen molar-refractivity contribution in [2.75, 3.05) is 26.8 Å². The summed E-state index contributed by atoms with van der Waals surface area (Å²) >= 11 is 0. The van der Waals surface area contributed by atoms with E-state index in [4.69, 9.17) is 14.0 Å². The minimum atomic E-state index is -5.66. The minimum absolute atomic E-state index is 0.0786.